The van der Waals surface area contributed by atoms with E-state index in [4.69, 9.17) is 18.9 Å². The first-order chi connectivity index (χ1) is 11.2. The van der Waals surface area contributed by atoms with Gasteiger partial charge in [-0.2, -0.15) is 0 Å². The smallest absolute Gasteiger partial charge is 0.186 e. The fourth-order valence-electron chi connectivity index (χ4n) is 3.24. The molecule has 23 heavy (non-hydrogen) atoms. The van der Waals surface area contributed by atoms with Crippen LogP contribution in [0.3, 0.4) is 0 Å². The first-order valence-electron chi connectivity index (χ1n) is 8.98. The number of hydrogen-bond acceptors (Lipinski definition) is 6. The van der Waals surface area contributed by atoms with Crippen molar-refractivity contribution >= 4 is 0 Å². The molecule has 6 nitrogen and oxygen atoms in total. The summed E-state index contributed by atoms with van der Waals surface area (Å²) < 4.78 is 22.1. The molecular weight excluding hydrogens is 300 g/mol. The molecule has 4 unspecified atom stereocenters. The Hall–Kier alpha value is -0.240. The van der Waals surface area contributed by atoms with Gasteiger partial charge in [-0.15, -0.1) is 0 Å². The first kappa shape index (κ1) is 19.1. The molecule has 0 radical (unpaired) electrons. The summed E-state index contributed by atoms with van der Waals surface area (Å²) in [5.74, 6) is 0. The molecule has 2 saturated heterocycles. The van der Waals surface area contributed by atoms with Crippen LogP contribution in [0.4, 0.5) is 0 Å². The molecule has 0 spiro atoms. The van der Waals surface area contributed by atoms with Crippen LogP contribution in [0.15, 0.2) is 0 Å². The largest absolute Gasteiger partial charge is 0.387 e. The fourth-order valence-corrected chi connectivity index (χ4v) is 3.24. The van der Waals surface area contributed by atoms with Crippen LogP contribution in [0.1, 0.15) is 58.3 Å². The first-order valence-corrected chi connectivity index (χ1v) is 8.98. The second kappa shape index (κ2) is 9.91. The quantitative estimate of drug-likeness (QED) is 0.629. The van der Waals surface area contributed by atoms with Crippen molar-refractivity contribution in [2.24, 2.45) is 0 Å². The van der Waals surface area contributed by atoms with Crippen molar-refractivity contribution < 1.29 is 29.2 Å². The lowest BCUT2D eigenvalue weighted by Gasteiger charge is -2.45. The Balaban J connectivity index is 1.66. The van der Waals surface area contributed by atoms with E-state index >= 15 is 0 Å². The molecule has 136 valence electrons. The van der Waals surface area contributed by atoms with Crippen LogP contribution in [-0.2, 0) is 18.9 Å². The van der Waals surface area contributed by atoms with E-state index in [1.165, 1.54) is 45.6 Å². The topological polar surface area (TPSA) is 77.4 Å². The van der Waals surface area contributed by atoms with Gasteiger partial charge >= 0.3 is 0 Å². The lowest BCUT2D eigenvalue weighted by molar-refractivity contribution is -0.356. The Morgan fingerprint density at radius 3 is 2.35 bits per heavy atom. The maximum absolute atomic E-state index is 10.2. The Morgan fingerprint density at radius 2 is 1.65 bits per heavy atom. The number of aliphatic hydroxyl groups excluding tert-OH is 2. The molecule has 6 atom stereocenters. The van der Waals surface area contributed by atoms with Crippen molar-refractivity contribution in [3.05, 3.63) is 0 Å². The van der Waals surface area contributed by atoms with Gasteiger partial charge < -0.3 is 29.2 Å². The zero-order valence-corrected chi connectivity index (χ0v) is 14.4. The van der Waals surface area contributed by atoms with E-state index in [1.54, 1.807) is 0 Å². The second-order valence-corrected chi connectivity index (χ2v) is 6.53. The maximum atomic E-state index is 10.2. The SMILES string of the molecule is CCCCCCCCCC1OCC2O[C@H](OC)C(O)C(O)[C@@H]2O1. The van der Waals surface area contributed by atoms with Crippen molar-refractivity contribution in [3.63, 3.8) is 0 Å². The zero-order valence-electron chi connectivity index (χ0n) is 14.4. The van der Waals surface area contributed by atoms with Gasteiger partial charge in [-0.3, -0.25) is 0 Å². The summed E-state index contributed by atoms with van der Waals surface area (Å²) in [7, 11) is 1.44. The van der Waals surface area contributed by atoms with E-state index in [0.717, 1.165) is 12.8 Å². The van der Waals surface area contributed by atoms with Crippen molar-refractivity contribution in [1.29, 1.82) is 0 Å². The van der Waals surface area contributed by atoms with Gasteiger partial charge in [0.05, 0.1) is 6.61 Å². The number of aliphatic hydroxyl groups is 2. The van der Waals surface area contributed by atoms with Gasteiger partial charge in [0.15, 0.2) is 12.6 Å². The predicted octanol–water partition coefficient (Wildman–Crippen LogP) is 1.96. The average Bonchev–Trinajstić information content (AvgIpc) is 2.57. The average molecular weight is 332 g/mol. The second-order valence-electron chi connectivity index (χ2n) is 6.53. The summed E-state index contributed by atoms with van der Waals surface area (Å²) in [5, 5.41) is 20.2. The van der Waals surface area contributed by atoms with E-state index in [0.29, 0.717) is 6.61 Å². The van der Waals surface area contributed by atoms with Crippen molar-refractivity contribution in [3.8, 4) is 0 Å². The summed E-state index contributed by atoms with van der Waals surface area (Å²) in [6, 6.07) is 0. The van der Waals surface area contributed by atoms with Gasteiger partial charge in [-0.25, -0.2) is 0 Å². The van der Waals surface area contributed by atoms with Gasteiger partial charge in [-0.1, -0.05) is 45.4 Å². The lowest BCUT2D eigenvalue weighted by Crippen LogP contribution is -2.63. The van der Waals surface area contributed by atoms with Crippen molar-refractivity contribution in [1.82, 2.24) is 0 Å². The van der Waals surface area contributed by atoms with Gasteiger partial charge in [0, 0.05) is 7.11 Å². The summed E-state index contributed by atoms with van der Waals surface area (Å²) in [6.07, 6.45) is 5.26. The number of methoxy groups -OCH3 is 1. The van der Waals surface area contributed by atoms with Gasteiger partial charge in [-0.05, 0) is 12.8 Å². The number of rotatable bonds is 9. The zero-order chi connectivity index (χ0) is 16.7. The highest BCUT2D eigenvalue weighted by Gasteiger charge is 2.48. The van der Waals surface area contributed by atoms with Crippen LogP contribution in [0.2, 0.25) is 0 Å². The molecule has 2 aliphatic heterocycles. The number of hydrogen-bond donors (Lipinski definition) is 2. The Kier molecular flexibility index (Phi) is 8.23. The summed E-state index contributed by atoms with van der Waals surface area (Å²) in [4.78, 5) is 0. The minimum absolute atomic E-state index is 0.323. The summed E-state index contributed by atoms with van der Waals surface area (Å²) in [6.45, 7) is 2.58. The van der Waals surface area contributed by atoms with E-state index in [2.05, 4.69) is 6.92 Å². The predicted molar refractivity (Wildman–Crippen MR) is 84.9 cm³/mol. The minimum Gasteiger partial charge on any atom is -0.387 e. The molecule has 0 aromatic carbocycles. The molecule has 2 aliphatic rings. The third-order valence-electron chi connectivity index (χ3n) is 4.67. The van der Waals surface area contributed by atoms with Crippen molar-refractivity contribution in [2.45, 2.75) is 95.3 Å². The van der Waals surface area contributed by atoms with E-state index in [1.807, 2.05) is 0 Å². The monoisotopic (exact) mass is 332 g/mol. The molecule has 2 heterocycles. The Bertz CT molecular complexity index is 324. The Labute approximate surface area is 139 Å². The third-order valence-corrected chi connectivity index (χ3v) is 4.67. The third kappa shape index (κ3) is 5.37. The molecule has 0 aromatic rings. The van der Waals surface area contributed by atoms with Crippen LogP contribution in [0.5, 0.6) is 0 Å². The van der Waals surface area contributed by atoms with E-state index in [-0.39, 0.29) is 6.29 Å². The summed E-state index contributed by atoms with van der Waals surface area (Å²) in [5.41, 5.74) is 0. The van der Waals surface area contributed by atoms with E-state index in [9.17, 15) is 10.2 Å². The van der Waals surface area contributed by atoms with Gasteiger partial charge in [0.25, 0.3) is 0 Å². The molecule has 2 rings (SSSR count). The summed E-state index contributed by atoms with van der Waals surface area (Å²) >= 11 is 0. The van der Waals surface area contributed by atoms with Crippen molar-refractivity contribution in [2.75, 3.05) is 13.7 Å². The minimum atomic E-state index is -1.10. The molecule has 0 amide bonds. The highest BCUT2D eigenvalue weighted by Crippen LogP contribution is 2.30. The molecule has 0 bridgehead atoms. The molecular formula is C17H32O6. The van der Waals surface area contributed by atoms with Crippen LogP contribution in [0.25, 0.3) is 0 Å². The number of unbranched alkanes of at least 4 members (excludes halogenated alkanes) is 6. The van der Waals surface area contributed by atoms with Gasteiger partial charge in [0.2, 0.25) is 0 Å². The highest BCUT2D eigenvalue weighted by molar-refractivity contribution is 4.92. The Morgan fingerprint density at radius 1 is 0.957 bits per heavy atom. The lowest BCUT2D eigenvalue weighted by atomic mass is 9.98. The molecule has 6 heteroatoms. The molecule has 0 saturated carbocycles. The van der Waals surface area contributed by atoms with Crippen LogP contribution in [0, 0.1) is 0 Å². The van der Waals surface area contributed by atoms with Crippen LogP contribution in [-0.4, -0.2) is 60.9 Å². The highest BCUT2D eigenvalue weighted by atomic mass is 16.7. The molecule has 0 aromatic heterocycles. The molecule has 2 fully saturated rings. The number of ether oxygens (including phenoxy) is 4. The van der Waals surface area contributed by atoms with Gasteiger partial charge in [0.1, 0.15) is 24.4 Å². The fraction of sp³-hybridized carbons (Fsp3) is 1.00. The maximum Gasteiger partial charge on any atom is 0.186 e. The van der Waals surface area contributed by atoms with E-state index < -0.39 is 30.7 Å². The molecule has 2 N–H and O–H groups in total. The molecule has 0 aliphatic carbocycles. The normalized spacial score (nSPS) is 37.6. The van der Waals surface area contributed by atoms with Crippen LogP contribution < -0.4 is 0 Å². The standard InChI is InChI=1S/C17H32O6/c1-3-4-5-6-7-8-9-10-13-21-11-12-16(23-13)14(18)15(19)17(20-2)22-12/h12-19H,3-11H2,1-2H3/t12?,13?,14?,15?,16-,17+/m1/s1. The number of fused-ring (bicyclic) bond motifs is 1. The van der Waals surface area contributed by atoms with Crippen LogP contribution >= 0.6 is 0 Å².